The van der Waals surface area contributed by atoms with Gasteiger partial charge in [0.2, 0.25) is 5.95 Å². The molecule has 38 heavy (non-hydrogen) atoms. The Morgan fingerprint density at radius 3 is 2.45 bits per heavy atom. The molecule has 0 saturated heterocycles. The Morgan fingerprint density at radius 1 is 1.11 bits per heavy atom. The Balaban J connectivity index is 1.91. The lowest BCUT2D eigenvalue weighted by atomic mass is 10.1. The Kier molecular flexibility index (Phi) is 8.84. The lowest BCUT2D eigenvalue weighted by molar-refractivity contribution is 0.0947. The second-order valence-electron chi connectivity index (χ2n) is 8.89. The molecule has 13 heteroatoms. The first-order valence-electron chi connectivity index (χ1n) is 11.6. The number of rotatable bonds is 11. The van der Waals surface area contributed by atoms with E-state index in [1.165, 1.54) is 42.6 Å². The number of halogens is 1. The van der Waals surface area contributed by atoms with Crippen LogP contribution in [0.15, 0.2) is 48.7 Å². The van der Waals surface area contributed by atoms with Crippen molar-refractivity contribution in [3.8, 4) is 5.75 Å². The summed E-state index contributed by atoms with van der Waals surface area (Å²) in [7, 11) is -3.95. The second kappa shape index (κ2) is 11.9. The van der Waals surface area contributed by atoms with Gasteiger partial charge in [-0.3, -0.25) is 9.59 Å². The van der Waals surface area contributed by atoms with Crippen molar-refractivity contribution in [1.29, 1.82) is 0 Å². The summed E-state index contributed by atoms with van der Waals surface area (Å²) < 4.78 is 42.5. The highest BCUT2D eigenvalue weighted by molar-refractivity contribution is 7.86. The van der Waals surface area contributed by atoms with Crippen LogP contribution in [-0.4, -0.2) is 42.5 Å². The van der Waals surface area contributed by atoms with E-state index in [1.54, 1.807) is 6.07 Å². The van der Waals surface area contributed by atoms with E-state index in [0.717, 1.165) is 6.26 Å². The van der Waals surface area contributed by atoms with Crippen molar-refractivity contribution in [3.63, 3.8) is 0 Å². The molecule has 0 bridgehead atoms. The fourth-order valence-electron chi connectivity index (χ4n) is 3.18. The SMILES string of the molecule is CC(C)C(C)Nc1nc(Nc2ccc(OS(C)(=O)=O)c(C(=O)NCc3ccccc3F)c2)ncc1C(N)=O. The number of carbonyl (C=O) groups is 2. The first kappa shape index (κ1) is 28.3. The molecular formula is C25H29FN6O5S. The van der Waals surface area contributed by atoms with Gasteiger partial charge in [-0.2, -0.15) is 13.4 Å². The van der Waals surface area contributed by atoms with E-state index in [4.69, 9.17) is 9.92 Å². The minimum atomic E-state index is -3.95. The van der Waals surface area contributed by atoms with Crippen molar-refractivity contribution < 1.29 is 26.6 Å². The van der Waals surface area contributed by atoms with Crippen molar-refractivity contribution in [2.24, 2.45) is 11.7 Å². The van der Waals surface area contributed by atoms with Crippen LogP contribution < -0.4 is 25.9 Å². The zero-order valence-electron chi connectivity index (χ0n) is 21.3. The number of amides is 2. The molecule has 5 N–H and O–H groups in total. The molecule has 2 aromatic carbocycles. The number of nitrogens with two attached hydrogens (primary N) is 1. The smallest absolute Gasteiger partial charge is 0.306 e. The Morgan fingerprint density at radius 2 is 1.82 bits per heavy atom. The van der Waals surface area contributed by atoms with E-state index in [9.17, 15) is 22.4 Å². The van der Waals surface area contributed by atoms with Gasteiger partial charge in [0.15, 0.2) is 5.75 Å². The molecule has 0 saturated carbocycles. The van der Waals surface area contributed by atoms with Gasteiger partial charge in [0.25, 0.3) is 11.8 Å². The van der Waals surface area contributed by atoms with Gasteiger partial charge in [-0.05, 0) is 37.1 Å². The molecule has 202 valence electrons. The number of primary amides is 1. The standard InChI is InChI=1S/C25H29FN6O5S/c1-14(2)15(3)30-23-19(22(27)33)13-29-25(32-23)31-17-9-10-21(37-38(4,35)36)18(11-17)24(34)28-12-16-7-5-6-8-20(16)26/h5-11,13-15H,12H2,1-4H3,(H2,27,33)(H,28,34)(H2,29,30,31,32). The number of hydrogen-bond acceptors (Lipinski definition) is 9. The highest BCUT2D eigenvalue weighted by Gasteiger charge is 2.19. The highest BCUT2D eigenvalue weighted by Crippen LogP contribution is 2.27. The lowest BCUT2D eigenvalue weighted by Gasteiger charge is -2.20. The molecule has 2 amide bonds. The van der Waals surface area contributed by atoms with Crippen molar-refractivity contribution >= 4 is 39.4 Å². The highest BCUT2D eigenvalue weighted by atomic mass is 32.2. The predicted octanol–water partition coefficient (Wildman–Crippen LogP) is 3.18. The van der Waals surface area contributed by atoms with Crippen LogP contribution in [0.25, 0.3) is 0 Å². The van der Waals surface area contributed by atoms with Gasteiger partial charge in [0.1, 0.15) is 11.6 Å². The monoisotopic (exact) mass is 544 g/mol. The van der Waals surface area contributed by atoms with Gasteiger partial charge in [-0.25, -0.2) is 9.37 Å². The molecule has 11 nitrogen and oxygen atoms in total. The largest absolute Gasteiger partial charge is 0.382 e. The molecule has 0 aliphatic heterocycles. The average molecular weight is 545 g/mol. The fraction of sp³-hybridized carbons (Fsp3) is 0.280. The van der Waals surface area contributed by atoms with Gasteiger partial charge in [-0.15, -0.1) is 0 Å². The predicted molar refractivity (Wildman–Crippen MR) is 141 cm³/mol. The first-order valence-corrected chi connectivity index (χ1v) is 13.4. The van der Waals surface area contributed by atoms with Gasteiger partial charge < -0.3 is 25.9 Å². The summed E-state index contributed by atoms with van der Waals surface area (Å²) in [5, 5.41) is 8.63. The van der Waals surface area contributed by atoms with Crippen LogP contribution in [0.3, 0.4) is 0 Å². The number of benzene rings is 2. The zero-order chi connectivity index (χ0) is 28.0. The first-order chi connectivity index (χ1) is 17.8. The molecular weight excluding hydrogens is 515 g/mol. The second-order valence-corrected chi connectivity index (χ2v) is 10.5. The van der Waals surface area contributed by atoms with Gasteiger partial charge in [-0.1, -0.05) is 32.0 Å². The van der Waals surface area contributed by atoms with Crippen LogP contribution in [0.4, 0.5) is 21.8 Å². The number of aromatic nitrogens is 2. The third-order valence-electron chi connectivity index (χ3n) is 5.54. The molecule has 0 aliphatic carbocycles. The van der Waals surface area contributed by atoms with E-state index in [2.05, 4.69) is 25.9 Å². The maximum absolute atomic E-state index is 14.0. The van der Waals surface area contributed by atoms with E-state index in [1.807, 2.05) is 20.8 Å². The fourth-order valence-corrected chi connectivity index (χ4v) is 3.65. The Hall–Kier alpha value is -4.26. The van der Waals surface area contributed by atoms with Crippen LogP contribution in [0, 0.1) is 11.7 Å². The van der Waals surface area contributed by atoms with Gasteiger partial charge in [0.05, 0.1) is 17.4 Å². The Bertz CT molecular complexity index is 1450. The summed E-state index contributed by atoms with van der Waals surface area (Å²) in [5.41, 5.74) is 6.00. The lowest BCUT2D eigenvalue weighted by Crippen LogP contribution is -2.25. The number of nitrogens with one attached hydrogen (secondary N) is 3. The van der Waals surface area contributed by atoms with E-state index >= 15 is 0 Å². The summed E-state index contributed by atoms with van der Waals surface area (Å²) >= 11 is 0. The van der Waals surface area contributed by atoms with E-state index in [0.29, 0.717) is 5.69 Å². The quantitative estimate of drug-likeness (QED) is 0.265. The van der Waals surface area contributed by atoms with Crippen molar-refractivity contribution in [2.45, 2.75) is 33.4 Å². The third kappa shape index (κ3) is 7.62. The molecule has 0 radical (unpaired) electrons. The summed E-state index contributed by atoms with van der Waals surface area (Å²) in [6.07, 6.45) is 2.12. The molecule has 1 atom stereocenters. The molecule has 1 heterocycles. The van der Waals surface area contributed by atoms with E-state index in [-0.39, 0.29) is 52.7 Å². The van der Waals surface area contributed by atoms with Gasteiger partial charge in [0, 0.05) is 30.0 Å². The molecule has 1 aromatic heterocycles. The molecule has 3 aromatic rings. The van der Waals surface area contributed by atoms with E-state index < -0.39 is 27.7 Å². The number of anilines is 3. The minimum absolute atomic E-state index is 0.0342. The number of nitrogens with zero attached hydrogens (tertiary/aromatic N) is 2. The maximum Gasteiger partial charge on any atom is 0.306 e. The van der Waals surface area contributed by atoms with Gasteiger partial charge >= 0.3 is 10.1 Å². The maximum atomic E-state index is 14.0. The van der Waals surface area contributed by atoms with Crippen molar-refractivity contribution in [3.05, 3.63) is 71.2 Å². The van der Waals surface area contributed by atoms with Crippen molar-refractivity contribution in [1.82, 2.24) is 15.3 Å². The number of hydrogen-bond donors (Lipinski definition) is 4. The number of carbonyl (C=O) groups excluding carboxylic acids is 2. The van der Waals surface area contributed by atoms with Crippen LogP contribution in [0.1, 0.15) is 47.1 Å². The van der Waals surface area contributed by atoms with Crippen LogP contribution in [-0.2, 0) is 16.7 Å². The zero-order valence-corrected chi connectivity index (χ0v) is 22.1. The third-order valence-corrected chi connectivity index (χ3v) is 6.02. The minimum Gasteiger partial charge on any atom is -0.382 e. The molecule has 0 spiro atoms. The van der Waals surface area contributed by atoms with Crippen molar-refractivity contribution in [2.75, 3.05) is 16.9 Å². The average Bonchev–Trinajstić information content (AvgIpc) is 2.83. The summed E-state index contributed by atoms with van der Waals surface area (Å²) in [6, 6.07) is 9.99. The molecule has 0 fully saturated rings. The summed E-state index contributed by atoms with van der Waals surface area (Å²) in [5.74, 6) is -1.57. The molecule has 1 unspecified atom stereocenters. The normalized spacial score (nSPS) is 12.1. The molecule has 3 rings (SSSR count). The van der Waals surface area contributed by atoms with Crippen LogP contribution >= 0.6 is 0 Å². The summed E-state index contributed by atoms with van der Waals surface area (Å²) in [4.78, 5) is 33.3. The molecule has 0 aliphatic rings. The summed E-state index contributed by atoms with van der Waals surface area (Å²) in [6.45, 7) is 5.79. The van der Waals surface area contributed by atoms with Crippen LogP contribution in [0.2, 0.25) is 0 Å². The topological polar surface area (TPSA) is 165 Å². The van der Waals surface area contributed by atoms with Crippen LogP contribution in [0.5, 0.6) is 5.75 Å². The Labute approximate surface area is 220 Å².